The van der Waals surface area contributed by atoms with Crippen LogP contribution in [0.4, 0.5) is 5.69 Å². The summed E-state index contributed by atoms with van der Waals surface area (Å²) >= 11 is 0. The highest BCUT2D eigenvalue weighted by atomic mass is 16.5. The van der Waals surface area contributed by atoms with E-state index in [9.17, 15) is 5.11 Å². The molecule has 3 N–H and O–H groups in total. The van der Waals surface area contributed by atoms with Crippen molar-refractivity contribution in [2.45, 2.75) is 20.1 Å². The minimum Gasteiger partial charge on any atom is -0.489 e. The van der Waals surface area contributed by atoms with E-state index < -0.39 is 0 Å². The van der Waals surface area contributed by atoms with Gasteiger partial charge in [-0.15, -0.1) is 0 Å². The standard InChI is InChI=1S/C15H17NO2/c1-11-13(6-4-7-14(11)16)10-18-15-8-3-2-5-12(15)9-17/h2-8,17H,9-10,16H2,1H3. The minimum absolute atomic E-state index is 0.0217. The van der Waals surface area contributed by atoms with Gasteiger partial charge in [-0.1, -0.05) is 30.3 Å². The van der Waals surface area contributed by atoms with E-state index in [-0.39, 0.29) is 6.61 Å². The first kappa shape index (κ1) is 12.5. The molecule has 0 aromatic heterocycles. The van der Waals surface area contributed by atoms with Gasteiger partial charge >= 0.3 is 0 Å². The molecular formula is C15H17NO2. The van der Waals surface area contributed by atoms with Crippen LogP contribution in [0.3, 0.4) is 0 Å². The van der Waals surface area contributed by atoms with E-state index in [1.54, 1.807) is 0 Å². The molecule has 2 rings (SSSR count). The summed E-state index contributed by atoms with van der Waals surface area (Å²) < 4.78 is 5.73. The molecule has 3 nitrogen and oxygen atoms in total. The van der Waals surface area contributed by atoms with E-state index in [0.29, 0.717) is 12.4 Å². The average Bonchev–Trinajstić information content (AvgIpc) is 2.41. The largest absolute Gasteiger partial charge is 0.489 e. The summed E-state index contributed by atoms with van der Waals surface area (Å²) in [7, 11) is 0. The van der Waals surface area contributed by atoms with E-state index in [1.165, 1.54) is 0 Å². The van der Waals surface area contributed by atoms with Crippen LogP contribution in [-0.2, 0) is 13.2 Å². The van der Waals surface area contributed by atoms with Gasteiger partial charge in [-0.25, -0.2) is 0 Å². The van der Waals surface area contributed by atoms with Crippen molar-refractivity contribution in [3.63, 3.8) is 0 Å². The zero-order valence-electron chi connectivity index (χ0n) is 10.4. The third-order valence-electron chi connectivity index (χ3n) is 3.01. The van der Waals surface area contributed by atoms with Crippen LogP contribution < -0.4 is 10.5 Å². The summed E-state index contributed by atoms with van der Waals surface area (Å²) in [6, 6.07) is 13.3. The summed E-state index contributed by atoms with van der Waals surface area (Å²) in [5.74, 6) is 0.710. The molecule has 2 aromatic rings. The topological polar surface area (TPSA) is 55.5 Å². The Hall–Kier alpha value is -2.00. The van der Waals surface area contributed by atoms with Gasteiger partial charge in [-0.2, -0.15) is 0 Å². The average molecular weight is 243 g/mol. The first-order valence-corrected chi connectivity index (χ1v) is 5.88. The summed E-state index contributed by atoms with van der Waals surface area (Å²) in [5.41, 5.74) is 9.51. The van der Waals surface area contributed by atoms with Crippen LogP contribution in [0.25, 0.3) is 0 Å². The van der Waals surface area contributed by atoms with Gasteiger partial charge in [0.2, 0.25) is 0 Å². The lowest BCUT2D eigenvalue weighted by molar-refractivity contribution is 0.259. The fourth-order valence-electron chi connectivity index (χ4n) is 1.79. The molecule has 0 radical (unpaired) electrons. The van der Waals surface area contributed by atoms with Crippen LogP contribution in [0, 0.1) is 6.92 Å². The zero-order valence-corrected chi connectivity index (χ0v) is 10.4. The van der Waals surface area contributed by atoms with E-state index in [0.717, 1.165) is 22.4 Å². The number of anilines is 1. The molecule has 18 heavy (non-hydrogen) atoms. The van der Waals surface area contributed by atoms with Gasteiger partial charge in [-0.3, -0.25) is 0 Å². The lowest BCUT2D eigenvalue weighted by atomic mass is 10.1. The van der Waals surface area contributed by atoms with E-state index in [2.05, 4.69) is 0 Å². The smallest absolute Gasteiger partial charge is 0.125 e. The van der Waals surface area contributed by atoms with E-state index in [1.807, 2.05) is 49.4 Å². The van der Waals surface area contributed by atoms with Crippen LogP contribution in [0.2, 0.25) is 0 Å². The molecule has 0 amide bonds. The fourth-order valence-corrected chi connectivity index (χ4v) is 1.79. The van der Waals surface area contributed by atoms with E-state index >= 15 is 0 Å². The molecule has 3 heteroatoms. The maximum Gasteiger partial charge on any atom is 0.125 e. The number of nitrogens with two attached hydrogens (primary N) is 1. The third-order valence-corrected chi connectivity index (χ3v) is 3.01. The molecule has 0 saturated heterocycles. The Morgan fingerprint density at radius 2 is 1.78 bits per heavy atom. The Morgan fingerprint density at radius 1 is 1.06 bits per heavy atom. The van der Waals surface area contributed by atoms with Crippen LogP contribution in [0.1, 0.15) is 16.7 Å². The predicted octanol–water partition coefficient (Wildman–Crippen LogP) is 2.65. The molecule has 0 aliphatic carbocycles. The van der Waals surface area contributed by atoms with Gasteiger partial charge in [0.1, 0.15) is 12.4 Å². The van der Waals surface area contributed by atoms with Gasteiger partial charge in [0, 0.05) is 11.3 Å². The van der Waals surface area contributed by atoms with Crippen molar-refractivity contribution in [2.75, 3.05) is 5.73 Å². The first-order chi connectivity index (χ1) is 8.72. The van der Waals surface area contributed by atoms with Crippen molar-refractivity contribution in [1.82, 2.24) is 0 Å². The molecule has 0 heterocycles. The second-order valence-corrected chi connectivity index (χ2v) is 4.19. The number of hydrogen-bond acceptors (Lipinski definition) is 3. The van der Waals surface area contributed by atoms with Gasteiger partial charge in [0.25, 0.3) is 0 Å². The molecule has 0 unspecified atom stereocenters. The number of aliphatic hydroxyl groups excluding tert-OH is 1. The lowest BCUT2D eigenvalue weighted by Gasteiger charge is -2.12. The highest BCUT2D eigenvalue weighted by Crippen LogP contribution is 2.21. The number of rotatable bonds is 4. The molecule has 0 fully saturated rings. The van der Waals surface area contributed by atoms with Crippen molar-refractivity contribution in [2.24, 2.45) is 0 Å². The van der Waals surface area contributed by atoms with Crippen LogP contribution in [0.5, 0.6) is 5.75 Å². The summed E-state index contributed by atoms with van der Waals surface area (Å²) in [4.78, 5) is 0. The summed E-state index contributed by atoms with van der Waals surface area (Å²) in [6.07, 6.45) is 0. The Morgan fingerprint density at radius 3 is 2.56 bits per heavy atom. The maximum atomic E-state index is 9.21. The monoisotopic (exact) mass is 243 g/mol. The Balaban J connectivity index is 2.14. The molecule has 0 aliphatic rings. The Kier molecular flexibility index (Phi) is 3.85. The van der Waals surface area contributed by atoms with Gasteiger partial charge in [-0.05, 0) is 30.2 Å². The molecule has 0 bridgehead atoms. The van der Waals surface area contributed by atoms with Crippen molar-refractivity contribution < 1.29 is 9.84 Å². The molecule has 0 atom stereocenters. The maximum absolute atomic E-state index is 9.21. The van der Waals surface area contributed by atoms with Crippen molar-refractivity contribution >= 4 is 5.69 Å². The predicted molar refractivity (Wildman–Crippen MR) is 72.3 cm³/mol. The molecular weight excluding hydrogens is 226 g/mol. The Labute approximate surface area is 107 Å². The number of ether oxygens (including phenoxy) is 1. The minimum atomic E-state index is -0.0217. The number of para-hydroxylation sites is 1. The summed E-state index contributed by atoms with van der Waals surface area (Å²) in [6.45, 7) is 2.41. The fraction of sp³-hybridized carbons (Fsp3) is 0.200. The van der Waals surface area contributed by atoms with Crippen LogP contribution >= 0.6 is 0 Å². The zero-order chi connectivity index (χ0) is 13.0. The molecule has 0 spiro atoms. The molecule has 0 saturated carbocycles. The third kappa shape index (κ3) is 2.63. The quantitative estimate of drug-likeness (QED) is 0.812. The number of benzene rings is 2. The van der Waals surface area contributed by atoms with Crippen molar-refractivity contribution in [3.8, 4) is 5.75 Å². The van der Waals surface area contributed by atoms with Crippen molar-refractivity contribution in [1.29, 1.82) is 0 Å². The van der Waals surface area contributed by atoms with Gasteiger partial charge in [0.05, 0.1) is 6.61 Å². The number of nitrogen functional groups attached to an aromatic ring is 1. The van der Waals surface area contributed by atoms with Gasteiger partial charge in [0.15, 0.2) is 0 Å². The molecule has 0 aliphatic heterocycles. The normalized spacial score (nSPS) is 10.3. The second-order valence-electron chi connectivity index (χ2n) is 4.19. The van der Waals surface area contributed by atoms with Crippen LogP contribution in [0.15, 0.2) is 42.5 Å². The van der Waals surface area contributed by atoms with E-state index in [4.69, 9.17) is 10.5 Å². The number of aliphatic hydroxyl groups is 1. The van der Waals surface area contributed by atoms with Crippen LogP contribution in [-0.4, -0.2) is 5.11 Å². The SMILES string of the molecule is Cc1c(N)cccc1COc1ccccc1CO. The van der Waals surface area contributed by atoms with Gasteiger partial charge < -0.3 is 15.6 Å². The lowest BCUT2D eigenvalue weighted by Crippen LogP contribution is -2.02. The molecule has 2 aromatic carbocycles. The summed E-state index contributed by atoms with van der Waals surface area (Å²) in [5, 5.41) is 9.21. The first-order valence-electron chi connectivity index (χ1n) is 5.88. The second kappa shape index (κ2) is 5.56. The highest BCUT2D eigenvalue weighted by molar-refractivity contribution is 5.49. The highest BCUT2D eigenvalue weighted by Gasteiger charge is 2.05. The van der Waals surface area contributed by atoms with Crippen molar-refractivity contribution in [3.05, 3.63) is 59.2 Å². The number of hydrogen-bond donors (Lipinski definition) is 2. The molecule has 94 valence electrons. The Bertz CT molecular complexity index is 538.